The Labute approximate surface area is 195 Å². The van der Waals surface area contributed by atoms with Crippen molar-refractivity contribution in [2.75, 3.05) is 39.6 Å². The molecule has 7 nitrogen and oxygen atoms in total. The van der Waals surface area contributed by atoms with Crippen LogP contribution in [0.1, 0.15) is 16.5 Å². The molecule has 4 aromatic rings. The van der Waals surface area contributed by atoms with E-state index < -0.39 is 0 Å². The van der Waals surface area contributed by atoms with Crippen molar-refractivity contribution in [3.8, 4) is 22.8 Å². The van der Waals surface area contributed by atoms with Crippen molar-refractivity contribution in [3.05, 3.63) is 59.0 Å². The van der Waals surface area contributed by atoms with Crippen molar-refractivity contribution >= 4 is 27.5 Å². The lowest BCUT2D eigenvalue weighted by atomic mass is 9.97. The highest BCUT2D eigenvalue weighted by molar-refractivity contribution is 7.18. The third-order valence-electron chi connectivity index (χ3n) is 5.52. The fraction of sp³-hybridized carbons (Fsp3) is 0.292. The summed E-state index contributed by atoms with van der Waals surface area (Å²) in [7, 11) is 4.01. The van der Waals surface area contributed by atoms with E-state index in [1.807, 2.05) is 32.3 Å². The van der Waals surface area contributed by atoms with E-state index in [1.54, 1.807) is 29.7 Å². The number of likely N-dealkylation sites (N-methyl/N-ethyl adjacent to an activating group) is 1. The minimum absolute atomic E-state index is 0.0458. The Kier molecular flexibility index (Phi) is 5.82. The van der Waals surface area contributed by atoms with Gasteiger partial charge < -0.3 is 20.1 Å². The van der Waals surface area contributed by atoms with Gasteiger partial charge in [-0.3, -0.25) is 0 Å². The monoisotopic (exact) mass is 465 g/mol. The van der Waals surface area contributed by atoms with Crippen LogP contribution >= 0.6 is 11.3 Å². The Hall–Kier alpha value is -3.30. The molecule has 33 heavy (non-hydrogen) atoms. The van der Waals surface area contributed by atoms with Crippen LogP contribution in [0.5, 0.6) is 11.5 Å². The largest absolute Gasteiger partial charge is 0.493 e. The highest BCUT2D eigenvalue weighted by atomic mass is 32.1. The summed E-state index contributed by atoms with van der Waals surface area (Å²) in [6, 6.07) is 10.5. The topological polar surface area (TPSA) is 86.4 Å². The average molecular weight is 466 g/mol. The number of halogens is 1. The molecule has 1 unspecified atom stereocenters. The summed E-state index contributed by atoms with van der Waals surface area (Å²) >= 11 is 1.60. The number of thiazole rings is 1. The predicted molar refractivity (Wildman–Crippen MR) is 127 cm³/mol. The summed E-state index contributed by atoms with van der Waals surface area (Å²) in [5, 5.41) is 0.941. The van der Waals surface area contributed by atoms with Crippen molar-refractivity contribution in [2.45, 2.75) is 12.3 Å². The van der Waals surface area contributed by atoms with E-state index in [9.17, 15) is 4.39 Å². The Morgan fingerprint density at radius 3 is 2.91 bits per heavy atom. The van der Waals surface area contributed by atoms with E-state index in [2.05, 4.69) is 14.9 Å². The third kappa shape index (κ3) is 4.60. The molecule has 0 bridgehead atoms. The summed E-state index contributed by atoms with van der Waals surface area (Å²) in [6.07, 6.45) is 2.32. The van der Waals surface area contributed by atoms with Crippen LogP contribution in [0.15, 0.2) is 42.6 Å². The molecule has 1 aliphatic heterocycles. The first-order valence-corrected chi connectivity index (χ1v) is 11.5. The minimum atomic E-state index is -0.257. The molecular formula is C24H24FN5O2S. The number of fused-ring (bicyclic) bond motifs is 2. The minimum Gasteiger partial charge on any atom is -0.493 e. The van der Waals surface area contributed by atoms with Gasteiger partial charge in [0.05, 0.1) is 17.0 Å². The smallest absolute Gasteiger partial charge is 0.220 e. The standard InChI is InChI=1S/C24H24FN5O2S/c1-30(2)7-8-31-20-11-14(18-5-6-27-24(26)28-18)12-21-22(20)29-23(33-21)16-9-15-10-17(25)3-4-19(15)32-13-16/h3-6,10-12,16H,7-9,13H2,1-2H3,(H2,26,27,28). The zero-order valence-corrected chi connectivity index (χ0v) is 19.2. The van der Waals surface area contributed by atoms with Crippen LogP contribution in [0.4, 0.5) is 10.3 Å². The summed E-state index contributed by atoms with van der Waals surface area (Å²) < 4.78 is 26.8. The van der Waals surface area contributed by atoms with Crippen LogP contribution in [-0.2, 0) is 6.42 Å². The maximum atomic E-state index is 13.7. The fourth-order valence-electron chi connectivity index (χ4n) is 3.84. The van der Waals surface area contributed by atoms with Gasteiger partial charge in [-0.15, -0.1) is 11.3 Å². The van der Waals surface area contributed by atoms with Crippen LogP contribution in [0.2, 0.25) is 0 Å². The average Bonchev–Trinajstić information content (AvgIpc) is 3.23. The number of benzene rings is 2. The SMILES string of the molecule is CN(C)CCOc1cc(-c2ccnc(N)n2)cc2sc(C3COc4ccc(F)cc4C3)nc12. The Morgan fingerprint density at radius 2 is 2.09 bits per heavy atom. The second kappa shape index (κ2) is 8.92. The number of nitrogens with zero attached hydrogens (tertiary/aromatic N) is 4. The van der Waals surface area contributed by atoms with Gasteiger partial charge in [0.15, 0.2) is 0 Å². The molecule has 1 atom stereocenters. The molecule has 2 aromatic carbocycles. The Morgan fingerprint density at radius 1 is 1.21 bits per heavy atom. The van der Waals surface area contributed by atoms with Crippen LogP contribution in [-0.4, -0.2) is 53.7 Å². The molecule has 0 fully saturated rings. The molecule has 2 N–H and O–H groups in total. The summed E-state index contributed by atoms with van der Waals surface area (Å²) in [6.45, 7) is 1.82. The Balaban J connectivity index is 1.52. The van der Waals surface area contributed by atoms with Gasteiger partial charge in [0.1, 0.15) is 34.4 Å². The summed E-state index contributed by atoms with van der Waals surface area (Å²) in [5.41, 5.74) is 9.09. The number of nitrogens with two attached hydrogens (primary N) is 1. The van der Waals surface area contributed by atoms with Crippen molar-refractivity contribution < 1.29 is 13.9 Å². The lowest BCUT2D eigenvalue weighted by molar-refractivity contribution is 0.260. The van der Waals surface area contributed by atoms with E-state index in [0.717, 1.165) is 44.3 Å². The van der Waals surface area contributed by atoms with E-state index in [-0.39, 0.29) is 17.7 Å². The highest BCUT2D eigenvalue weighted by Gasteiger charge is 2.26. The van der Waals surface area contributed by atoms with Gasteiger partial charge in [0, 0.05) is 24.2 Å². The van der Waals surface area contributed by atoms with Gasteiger partial charge in [-0.1, -0.05) is 0 Å². The van der Waals surface area contributed by atoms with E-state index >= 15 is 0 Å². The lowest BCUT2D eigenvalue weighted by Gasteiger charge is -2.23. The predicted octanol–water partition coefficient (Wildman–Crippen LogP) is 4.13. The molecule has 0 saturated heterocycles. The van der Waals surface area contributed by atoms with Crippen LogP contribution in [0, 0.1) is 5.82 Å². The number of aromatic nitrogens is 3. The zero-order chi connectivity index (χ0) is 22.9. The van der Waals surface area contributed by atoms with Gasteiger partial charge in [-0.05, 0) is 62.5 Å². The molecule has 3 heterocycles. The van der Waals surface area contributed by atoms with Crippen LogP contribution < -0.4 is 15.2 Å². The van der Waals surface area contributed by atoms with Crippen LogP contribution in [0.25, 0.3) is 21.5 Å². The molecule has 0 spiro atoms. The van der Waals surface area contributed by atoms with Crippen molar-refractivity contribution in [1.29, 1.82) is 0 Å². The first-order valence-electron chi connectivity index (χ1n) is 10.7. The third-order valence-corrected chi connectivity index (χ3v) is 6.69. The molecule has 0 aliphatic carbocycles. The number of rotatable bonds is 6. The molecule has 170 valence electrons. The first kappa shape index (κ1) is 21.5. The fourth-order valence-corrected chi connectivity index (χ4v) is 4.95. The summed E-state index contributed by atoms with van der Waals surface area (Å²) in [5.74, 6) is 1.45. The molecule has 5 rings (SSSR count). The maximum absolute atomic E-state index is 13.7. The maximum Gasteiger partial charge on any atom is 0.220 e. The highest BCUT2D eigenvalue weighted by Crippen LogP contribution is 2.40. The zero-order valence-electron chi connectivity index (χ0n) is 18.4. The van der Waals surface area contributed by atoms with Gasteiger partial charge in [-0.25, -0.2) is 19.3 Å². The number of hydrogen-bond donors (Lipinski definition) is 1. The van der Waals surface area contributed by atoms with Gasteiger partial charge in [0.2, 0.25) is 5.95 Å². The Bertz CT molecular complexity index is 1310. The van der Waals surface area contributed by atoms with Gasteiger partial charge >= 0.3 is 0 Å². The molecule has 1 aliphatic rings. The molecular weight excluding hydrogens is 441 g/mol. The van der Waals surface area contributed by atoms with Crippen molar-refractivity contribution in [1.82, 2.24) is 19.9 Å². The number of nitrogen functional groups attached to an aromatic ring is 1. The second-order valence-corrected chi connectivity index (χ2v) is 9.35. The first-order chi connectivity index (χ1) is 16.0. The van der Waals surface area contributed by atoms with E-state index in [4.69, 9.17) is 20.2 Å². The van der Waals surface area contributed by atoms with E-state index in [0.29, 0.717) is 25.4 Å². The lowest BCUT2D eigenvalue weighted by Crippen LogP contribution is -2.19. The molecule has 9 heteroatoms. The molecule has 0 radical (unpaired) electrons. The number of ether oxygens (including phenoxy) is 2. The number of hydrogen-bond acceptors (Lipinski definition) is 8. The van der Waals surface area contributed by atoms with Crippen LogP contribution in [0.3, 0.4) is 0 Å². The quantitative estimate of drug-likeness (QED) is 0.458. The molecule has 0 amide bonds. The van der Waals surface area contributed by atoms with Gasteiger partial charge in [-0.2, -0.15) is 0 Å². The van der Waals surface area contributed by atoms with Crippen molar-refractivity contribution in [3.63, 3.8) is 0 Å². The summed E-state index contributed by atoms with van der Waals surface area (Å²) in [4.78, 5) is 15.3. The number of anilines is 1. The molecule has 2 aromatic heterocycles. The van der Waals surface area contributed by atoms with Crippen molar-refractivity contribution in [2.24, 2.45) is 0 Å². The normalized spacial score (nSPS) is 15.5. The van der Waals surface area contributed by atoms with Gasteiger partial charge in [0.25, 0.3) is 0 Å². The second-order valence-electron chi connectivity index (χ2n) is 8.29. The molecule has 0 saturated carbocycles. The van der Waals surface area contributed by atoms with E-state index in [1.165, 1.54) is 6.07 Å².